The second kappa shape index (κ2) is 9.67. The molecule has 96 valence electrons. The Bertz CT molecular complexity index is 293. The number of hydrogen-bond acceptors (Lipinski definition) is 4. The summed E-state index contributed by atoms with van der Waals surface area (Å²) in [7, 11) is 1.63. The van der Waals surface area contributed by atoms with E-state index in [2.05, 4.69) is 10.6 Å². The Morgan fingerprint density at radius 1 is 1.53 bits per heavy atom. The third-order valence-electron chi connectivity index (χ3n) is 1.95. The average molecular weight is 239 g/mol. The van der Waals surface area contributed by atoms with E-state index in [0.29, 0.717) is 25.6 Å². The zero-order valence-corrected chi connectivity index (χ0v) is 10.7. The molecule has 0 saturated carbocycles. The van der Waals surface area contributed by atoms with E-state index in [0.717, 1.165) is 6.42 Å². The van der Waals surface area contributed by atoms with Crippen molar-refractivity contribution in [2.75, 3.05) is 26.8 Å². The van der Waals surface area contributed by atoms with Crippen molar-refractivity contribution in [1.29, 1.82) is 5.26 Å². The lowest BCUT2D eigenvalue weighted by Gasteiger charge is -2.07. The van der Waals surface area contributed by atoms with Crippen LogP contribution in [-0.2, 0) is 9.53 Å². The first kappa shape index (κ1) is 15.5. The van der Waals surface area contributed by atoms with E-state index in [4.69, 9.17) is 10.00 Å². The van der Waals surface area contributed by atoms with Crippen LogP contribution in [0.2, 0.25) is 0 Å². The molecule has 0 aromatic carbocycles. The maximum atomic E-state index is 11.5. The van der Waals surface area contributed by atoms with Gasteiger partial charge in [-0.25, -0.2) is 0 Å². The van der Waals surface area contributed by atoms with E-state index in [1.807, 2.05) is 19.9 Å². The molecule has 5 heteroatoms. The molecule has 0 saturated heterocycles. The summed E-state index contributed by atoms with van der Waals surface area (Å²) in [6, 6.07) is 1.87. The predicted molar refractivity (Wildman–Crippen MR) is 66.0 cm³/mol. The van der Waals surface area contributed by atoms with Gasteiger partial charge in [0.2, 0.25) is 0 Å². The molecule has 0 aliphatic carbocycles. The number of hydrogen-bond donors (Lipinski definition) is 2. The lowest BCUT2D eigenvalue weighted by molar-refractivity contribution is -0.117. The first-order chi connectivity index (χ1) is 8.11. The molecule has 5 nitrogen and oxygen atoms in total. The van der Waals surface area contributed by atoms with E-state index < -0.39 is 0 Å². The number of ether oxygens (including phenoxy) is 1. The van der Waals surface area contributed by atoms with Crippen LogP contribution in [-0.4, -0.2) is 32.7 Å². The Kier molecular flexibility index (Phi) is 8.79. The number of rotatable bonds is 8. The maximum Gasteiger partial charge on any atom is 0.263 e. The van der Waals surface area contributed by atoms with Gasteiger partial charge in [0, 0.05) is 33.0 Å². The van der Waals surface area contributed by atoms with Crippen molar-refractivity contribution in [3.8, 4) is 6.07 Å². The van der Waals surface area contributed by atoms with Gasteiger partial charge in [-0.1, -0.05) is 13.8 Å². The summed E-state index contributed by atoms with van der Waals surface area (Å²) in [5.41, 5.74) is 0.100. The Balaban J connectivity index is 4.00. The molecule has 0 rings (SSSR count). The van der Waals surface area contributed by atoms with Gasteiger partial charge in [-0.3, -0.25) is 4.79 Å². The molecule has 2 N–H and O–H groups in total. The first-order valence-electron chi connectivity index (χ1n) is 5.72. The van der Waals surface area contributed by atoms with Crippen molar-refractivity contribution in [3.63, 3.8) is 0 Å². The number of carbonyl (C=O) groups excluding carboxylic acids is 1. The Labute approximate surface area is 103 Å². The van der Waals surface area contributed by atoms with Gasteiger partial charge in [0.05, 0.1) is 0 Å². The number of amides is 1. The van der Waals surface area contributed by atoms with Gasteiger partial charge >= 0.3 is 0 Å². The second-order valence-electron chi connectivity index (χ2n) is 4.07. The topological polar surface area (TPSA) is 74.1 Å². The van der Waals surface area contributed by atoms with Crippen LogP contribution in [0.15, 0.2) is 11.8 Å². The molecule has 0 atom stereocenters. The molecule has 0 heterocycles. The molecule has 0 spiro atoms. The van der Waals surface area contributed by atoms with Crippen LogP contribution < -0.4 is 10.6 Å². The van der Waals surface area contributed by atoms with Gasteiger partial charge in [-0.2, -0.15) is 5.26 Å². The summed E-state index contributed by atoms with van der Waals surface area (Å²) in [4.78, 5) is 11.5. The zero-order valence-electron chi connectivity index (χ0n) is 10.7. The molecule has 0 aromatic rings. The van der Waals surface area contributed by atoms with Gasteiger partial charge in [0.1, 0.15) is 11.6 Å². The molecule has 0 aromatic heterocycles. The average Bonchev–Trinajstić information content (AvgIpc) is 2.31. The summed E-state index contributed by atoms with van der Waals surface area (Å²) in [6.07, 6.45) is 2.28. The molecule has 0 unspecified atom stereocenters. The molecular weight excluding hydrogens is 218 g/mol. The van der Waals surface area contributed by atoms with Crippen molar-refractivity contribution < 1.29 is 9.53 Å². The number of nitrogens with one attached hydrogen (secondary N) is 2. The van der Waals surface area contributed by atoms with Gasteiger partial charge in [-0.05, 0) is 12.3 Å². The third kappa shape index (κ3) is 8.29. The maximum absolute atomic E-state index is 11.5. The largest absolute Gasteiger partial charge is 0.390 e. The van der Waals surface area contributed by atoms with Crippen molar-refractivity contribution >= 4 is 5.91 Å². The number of nitrogens with zero attached hydrogens (tertiary/aromatic N) is 1. The van der Waals surface area contributed by atoms with Crippen LogP contribution in [0.3, 0.4) is 0 Å². The highest BCUT2D eigenvalue weighted by molar-refractivity contribution is 5.97. The highest BCUT2D eigenvalue weighted by Crippen LogP contribution is 1.93. The Hall–Kier alpha value is -1.54. The summed E-state index contributed by atoms with van der Waals surface area (Å²) < 4.78 is 4.88. The van der Waals surface area contributed by atoms with E-state index >= 15 is 0 Å². The fourth-order valence-corrected chi connectivity index (χ4v) is 1.03. The van der Waals surface area contributed by atoms with Crippen LogP contribution in [0, 0.1) is 17.2 Å². The lowest BCUT2D eigenvalue weighted by atomic mass is 10.2. The van der Waals surface area contributed by atoms with E-state index in [1.54, 1.807) is 7.11 Å². The fourth-order valence-electron chi connectivity index (χ4n) is 1.03. The van der Waals surface area contributed by atoms with Gasteiger partial charge in [-0.15, -0.1) is 0 Å². The minimum absolute atomic E-state index is 0.100. The van der Waals surface area contributed by atoms with Crippen molar-refractivity contribution in [1.82, 2.24) is 10.6 Å². The van der Waals surface area contributed by atoms with E-state index in [9.17, 15) is 4.79 Å². The normalized spacial score (nSPS) is 11.1. The standard InChI is InChI=1S/C12H21N3O2/c1-10(2)8-15-12(16)11(7-13)9-14-5-4-6-17-3/h9-10,14H,4-6,8H2,1-3H3,(H,15,16)/b11-9-. The predicted octanol–water partition coefficient (Wildman–Crippen LogP) is 0.792. The number of methoxy groups -OCH3 is 1. The summed E-state index contributed by atoms with van der Waals surface area (Å²) in [6.45, 7) is 5.90. The highest BCUT2D eigenvalue weighted by atomic mass is 16.5. The molecule has 0 bridgehead atoms. The SMILES string of the molecule is COCCCN/C=C(/C#N)C(=O)NCC(C)C. The molecular formula is C12H21N3O2. The summed E-state index contributed by atoms with van der Waals surface area (Å²) in [5, 5.41) is 14.4. The minimum atomic E-state index is -0.333. The first-order valence-corrected chi connectivity index (χ1v) is 5.72. The van der Waals surface area contributed by atoms with Gasteiger partial charge in [0.25, 0.3) is 5.91 Å². The minimum Gasteiger partial charge on any atom is -0.390 e. The summed E-state index contributed by atoms with van der Waals surface area (Å²) >= 11 is 0. The van der Waals surface area contributed by atoms with Crippen molar-refractivity contribution in [3.05, 3.63) is 11.8 Å². The molecule has 0 aliphatic rings. The van der Waals surface area contributed by atoms with Crippen molar-refractivity contribution in [2.45, 2.75) is 20.3 Å². The lowest BCUT2D eigenvalue weighted by Crippen LogP contribution is -2.29. The van der Waals surface area contributed by atoms with Gasteiger partial charge < -0.3 is 15.4 Å². The zero-order chi connectivity index (χ0) is 13.1. The quantitative estimate of drug-likeness (QED) is 0.373. The van der Waals surface area contributed by atoms with Crippen LogP contribution in [0.1, 0.15) is 20.3 Å². The van der Waals surface area contributed by atoms with Crippen LogP contribution in [0.25, 0.3) is 0 Å². The smallest absolute Gasteiger partial charge is 0.263 e. The summed E-state index contributed by atoms with van der Waals surface area (Å²) in [5.74, 6) is 0.0361. The fraction of sp³-hybridized carbons (Fsp3) is 0.667. The van der Waals surface area contributed by atoms with Crippen LogP contribution in [0.4, 0.5) is 0 Å². The molecule has 17 heavy (non-hydrogen) atoms. The molecule has 0 radical (unpaired) electrons. The van der Waals surface area contributed by atoms with Crippen molar-refractivity contribution in [2.24, 2.45) is 5.92 Å². The molecule has 0 fully saturated rings. The monoisotopic (exact) mass is 239 g/mol. The Morgan fingerprint density at radius 3 is 2.76 bits per heavy atom. The molecule has 1 amide bonds. The van der Waals surface area contributed by atoms with Crippen LogP contribution in [0.5, 0.6) is 0 Å². The van der Waals surface area contributed by atoms with Gasteiger partial charge in [0.15, 0.2) is 0 Å². The number of carbonyl (C=O) groups is 1. The highest BCUT2D eigenvalue weighted by Gasteiger charge is 2.08. The van der Waals surface area contributed by atoms with Crippen LogP contribution >= 0.6 is 0 Å². The molecule has 0 aliphatic heterocycles. The second-order valence-corrected chi connectivity index (χ2v) is 4.07. The van der Waals surface area contributed by atoms with E-state index in [-0.39, 0.29) is 11.5 Å². The third-order valence-corrected chi connectivity index (χ3v) is 1.95. The Morgan fingerprint density at radius 2 is 2.24 bits per heavy atom. The number of nitriles is 1. The van der Waals surface area contributed by atoms with E-state index in [1.165, 1.54) is 6.20 Å².